The number of nitro benzene ring substituents is 1. The molecule has 5 aromatic rings. The van der Waals surface area contributed by atoms with Crippen LogP contribution in [0.5, 0.6) is 5.75 Å². The lowest BCUT2D eigenvalue weighted by molar-refractivity contribution is -0.384. The number of methoxy groups -OCH3 is 1. The predicted molar refractivity (Wildman–Crippen MR) is 151 cm³/mol. The van der Waals surface area contributed by atoms with Crippen LogP contribution >= 0.6 is 0 Å². The Morgan fingerprint density at radius 3 is 2.30 bits per heavy atom. The number of ether oxygens (including phenoxy) is 1. The van der Waals surface area contributed by atoms with E-state index in [-0.39, 0.29) is 22.7 Å². The molecule has 10 nitrogen and oxygen atoms in total. The van der Waals surface area contributed by atoms with E-state index in [1.165, 1.54) is 19.1 Å². The Bertz CT molecular complexity index is 1630. The van der Waals surface area contributed by atoms with Crippen LogP contribution in [-0.2, 0) is 13.1 Å². The Kier molecular flexibility index (Phi) is 7.58. The Morgan fingerprint density at radius 1 is 0.925 bits per heavy atom. The number of nitro groups is 1. The summed E-state index contributed by atoms with van der Waals surface area (Å²) < 4.78 is 7.01. The highest BCUT2D eigenvalue weighted by atomic mass is 16.6. The molecule has 0 aliphatic rings. The highest BCUT2D eigenvalue weighted by Gasteiger charge is 2.20. The molecule has 0 saturated heterocycles. The number of tetrazole rings is 1. The first-order valence-electron chi connectivity index (χ1n) is 12.5. The van der Waals surface area contributed by atoms with Gasteiger partial charge in [0.25, 0.3) is 5.69 Å². The second kappa shape index (κ2) is 11.6. The third-order valence-corrected chi connectivity index (χ3v) is 6.54. The number of hydrogen-bond donors (Lipinski definition) is 1. The predicted octanol–water partition coefficient (Wildman–Crippen LogP) is 5.79. The quantitative estimate of drug-likeness (QED) is 0.136. The van der Waals surface area contributed by atoms with E-state index >= 15 is 0 Å². The minimum absolute atomic E-state index is 0.134. The van der Waals surface area contributed by atoms with Crippen molar-refractivity contribution in [2.24, 2.45) is 0 Å². The zero-order chi connectivity index (χ0) is 28.1. The van der Waals surface area contributed by atoms with Gasteiger partial charge in [-0.05, 0) is 57.8 Å². The van der Waals surface area contributed by atoms with Gasteiger partial charge in [-0.1, -0.05) is 66.7 Å². The van der Waals surface area contributed by atoms with Gasteiger partial charge < -0.3 is 10.1 Å². The highest BCUT2D eigenvalue weighted by molar-refractivity contribution is 6.01. The number of carbonyl (C=O) groups excluding carboxylic acids is 1. The summed E-state index contributed by atoms with van der Waals surface area (Å²) in [7, 11) is 1.63. The van der Waals surface area contributed by atoms with Crippen molar-refractivity contribution in [2.75, 3.05) is 12.4 Å². The minimum Gasteiger partial charge on any atom is -0.497 e. The van der Waals surface area contributed by atoms with E-state index in [0.717, 1.165) is 33.6 Å². The summed E-state index contributed by atoms with van der Waals surface area (Å²) in [4.78, 5) is 23.1. The highest BCUT2D eigenvalue weighted by Crippen LogP contribution is 2.32. The number of nitrogens with one attached hydrogen (secondary N) is 1. The number of aromatic nitrogens is 4. The Hall–Kier alpha value is -5.38. The van der Waals surface area contributed by atoms with E-state index in [0.29, 0.717) is 18.9 Å². The third-order valence-electron chi connectivity index (χ3n) is 6.54. The van der Waals surface area contributed by atoms with Gasteiger partial charge in [0.05, 0.1) is 18.6 Å². The monoisotopic (exact) mass is 534 g/mol. The molecule has 0 unspecified atom stereocenters. The molecule has 4 aromatic carbocycles. The first-order chi connectivity index (χ1) is 19.4. The van der Waals surface area contributed by atoms with Crippen molar-refractivity contribution in [1.29, 1.82) is 0 Å². The molecule has 0 aliphatic carbocycles. The second-order valence-corrected chi connectivity index (χ2v) is 9.12. The molecular weight excluding hydrogens is 508 g/mol. The molecule has 0 atom stereocenters. The molecule has 1 heterocycles. The van der Waals surface area contributed by atoms with Crippen molar-refractivity contribution in [3.8, 4) is 28.3 Å². The Morgan fingerprint density at radius 2 is 1.62 bits per heavy atom. The van der Waals surface area contributed by atoms with Crippen LogP contribution in [0.3, 0.4) is 0 Å². The van der Waals surface area contributed by atoms with Crippen molar-refractivity contribution < 1.29 is 14.5 Å². The Balaban J connectivity index is 1.38. The van der Waals surface area contributed by atoms with Gasteiger partial charge in [-0.3, -0.25) is 14.9 Å². The zero-order valence-corrected chi connectivity index (χ0v) is 21.9. The van der Waals surface area contributed by atoms with Gasteiger partial charge in [0.1, 0.15) is 11.4 Å². The number of Topliss-reactive ketones (excluding diaryl/α,β-unsaturated/α-hetero) is 1. The molecule has 0 saturated carbocycles. The SMILES string of the molecule is COc1ccc(Cn2nnnc2-c2ccccc2-c2ccc(CNc3c(C(C)=O)cccc3[N+](=O)[O-])cc2)cc1. The van der Waals surface area contributed by atoms with Crippen molar-refractivity contribution in [3.05, 3.63) is 118 Å². The minimum atomic E-state index is -0.489. The molecule has 40 heavy (non-hydrogen) atoms. The summed E-state index contributed by atoms with van der Waals surface area (Å²) in [5.41, 5.74) is 5.13. The van der Waals surface area contributed by atoms with Gasteiger partial charge >= 0.3 is 0 Å². The summed E-state index contributed by atoms with van der Waals surface area (Å²) in [6.45, 7) is 2.20. The maximum atomic E-state index is 12.1. The lowest BCUT2D eigenvalue weighted by Crippen LogP contribution is -2.08. The van der Waals surface area contributed by atoms with Gasteiger partial charge in [-0.15, -0.1) is 5.10 Å². The maximum Gasteiger partial charge on any atom is 0.293 e. The fourth-order valence-corrected chi connectivity index (χ4v) is 4.50. The third kappa shape index (κ3) is 5.56. The lowest BCUT2D eigenvalue weighted by Gasteiger charge is -2.13. The van der Waals surface area contributed by atoms with Crippen LogP contribution < -0.4 is 10.1 Å². The van der Waals surface area contributed by atoms with E-state index in [1.807, 2.05) is 72.8 Å². The molecule has 0 spiro atoms. The smallest absolute Gasteiger partial charge is 0.293 e. The van der Waals surface area contributed by atoms with Crippen LogP contribution in [0.1, 0.15) is 28.4 Å². The van der Waals surface area contributed by atoms with Gasteiger partial charge in [0.15, 0.2) is 11.6 Å². The van der Waals surface area contributed by atoms with Gasteiger partial charge in [-0.2, -0.15) is 0 Å². The average molecular weight is 535 g/mol. The van der Waals surface area contributed by atoms with Crippen LogP contribution in [-0.4, -0.2) is 38.0 Å². The van der Waals surface area contributed by atoms with Gasteiger partial charge in [0.2, 0.25) is 0 Å². The van der Waals surface area contributed by atoms with E-state index < -0.39 is 4.92 Å². The average Bonchev–Trinajstić information content (AvgIpc) is 3.44. The summed E-state index contributed by atoms with van der Waals surface area (Å²) in [5.74, 6) is 1.18. The molecular formula is C30H26N6O4. The number of hydrogen-bond acceptors (Lipinski definition) is 8. The number of anilines is 1. The van der Waals surface area contributed by atoms with Crippen LogP contribution in [0.2, 0.25) is 0 Å². The molecule has 1 aromatic heterocycles. The van der Waals surface area contributed by atoms with E-state index in [1.54, 1.807) is 17.9 Å². The van der Waals surface area contributed by atoms with Gasteiger partial charge in [-0.25, -0.2) is 4.68 Å². The summed E-state index contributed by atoms with van der Waals surface area (Å²) >= 11 is 0. The molecule has 1 N–H and O–H groups in total. The number of rotatable bonds is 10. The second-order valence-electron chi connectivity index (χ2n) is 9.12. The van der Waals surface area contributed by atoms with Crippen LogP contribution in [0, 0.1) is 10.1 Å². The number of para-hydroxylation sites is 1. The van der Waals surface area contributed by atoms with Crippen LogP contribution in [0.4, 0.5) is 11.4 Å². The first-order valence-corrected chi connectivity index (χ1v) is 12.5. The van der Waals surface area contributed by atoms with Crippen molar-refractivity contribution in [1.82, 2.24) is 20.2 Å². The van der Waals surface area contributed by atoms with Crippen molar-refractivity contribution >= 4 is 17.2 Å². The fourth-order valence-electron chi connectivity index (χ4n) is 4.50. The molecule has 0 aliphatic heterocycles. The van der Waals surface area contributed by atoms with Gasteiger partial charge in [0, 0.05) is 23.7 Å². The summed E-state index contributed by atoms with van der Waals surface area (Å²) in [6, 6.07) is 28.0. The van der Waals surface area contributed by atoms with Crippen LogP contribution in [0.25, 0.3) is 22.5 Å². The molecule has 0 fully saturated rings. The first kappa shape index (κ1) is 26.2. The Labute approximate surface area is 230 Å². The number of nitrogens with zero attached hydrogens (tertiary/aromatic N) is 5. The maximum absolute atomic E-state index is 12.1. The number of benzene rings is 4. The fraction of sp³-hybridized carbons (Fsp3) is 0.133. The summed E-state index contributed by atoms with van der Waals surface area (Å²) in [6.07, 6.45) is 0. The van der Waals surface area contributed by atoms with Crippen molar-refractivity contribution in [3.63, 3.8) is 0 Å². The molecule has 0 bridgehead atoms. The van der Waals surface area contributed by atoms with E-state index in [4.69, 9.17) is 4.74 Å². The molecule has 5 rings (SSSR count). The number of carbonyl (C=O) groups is 1. The number of ketones is 1. The lowest BCUT2D eigenvalue weighted by atomic mass is 9.98. The largest absolute Gasteiger partial charge is 0.497 e. The summed E-state index contributed by atoms with van der Waals surface area (Å²) in [5, 5.41) is 27.1. The van der Waals surface area contributed by atoms with Crippen LogP contribution in [0.15, 0.2) is 91.0 Å². The van der Waals surface area contributed by atoms with E-state index in [9.17, 15) is 14.9 Å². The molecule has 0 radical (unpaired) electrons. The molecule has 200 valence electrons. The molecule has 10 heteroatoms. The normalized spacial score (nSPS) is 10.8. The topological polar surface area (TPSA) is 125 Å². The zero-order valence-electron chi connectivity index (χ0n) is 21.9. The van der Waals surface area contributed by atoms with Crippen molar-refractivity contribution in [2.45, 2.75) is 20.0 Å². The molecule has 0 amide bonds. The standard InChI is InChI=1S/C30H26N6O4/c1-20(37)25-8-5-9-28(36(38)39)29(25)31-18-21-10-14-23(15-11-21)26-6-3-4-7-27(26)30-32-33-34-35(30)19-22-12-16-24(40-2)17-13-22/h3-17,31H,18-19H2,1-2H3. The van der Waals surface area contributed by atoms with E-state index in [2.05, 4.69) is 20.8 Å².